The summed E-state index contributed by atoms with van der Waals surface area (Å²) in [6.07, 6.45) is 7.32. The molecule has 2 amide bonds. The Morgan fingerprint density at radius 3 is 2.68 bits per heavy atom. The first kappa shape index (κ1) is 16.7. The van der Waals surface area contributed by atoms with Crippen LogP contribution in [-0.2, 0) is 0 Å². The molecule has 1 spiro atoms. The van der Waals surface area contributed by atoms with Crippen molar-refractivity contribution in [3.63, 3.8) is 0 Å². The van der Waals surface area contributed by atoms with Gasteiger partial charge in [-0.15, -0.1) is 0 Å². The number of rotatable bonds is 3. The zero-order valence-electron chi connectivity index (χ0n) is 15.2. The minimum atomic E-state index is 0.00824. The van der Waals surface area contributed by atoms with E-state index in [0.29, 0.717) is 11.5 Å². The molecule has 5 nitrogen and oxygen atoms in total. The van der Waals surface area contributed by atoms with E-state index in [2.05, 4.69) is 17.3 Å². The summed E-state index contributed by atoms with van der Waals surface area (Å²) in [5, 5.41) is 3.09. The van der Waals surface area contributed by atoms with Gasteiger partial charge in [0.1, 0.15) is 5.75 Å². The molecule has 0 radical (unpaired) electrons. The van der Waals surface area contributed by atoms with Crippen LogP contribution in [0.2, 0.25) is 0 Å². The standard InChI is InChI=1S/C20H29N3O2/c1-22-12-10-20(14-22)11-13-23(15-20)19(24)21-17-8-4-5-9-18(17)25-16-6-2-3-7-16/h4-5,8-9,16H,2-3,6-7,10-15H2,1H3,(H,21,24). The molecule has 1 aromatic rings. The molecule has 2 aliphatic heterocycles. The second-order valence-corrected chi connectivity index (χ2v) is 8.11. The molecule has 1 atom stereocenters. The number of anilines is 1. The van der Waals surface area contributed by atoms with Crippen molar-refractivity contribution in [3.05, 3.63) is 24.3 Å². The number of amides is 2. The number of benzene rings is 1. The Morgan fingerprint density at radius 1 is 1.16 bits per heavy atom. The topological polar surface area (TPSA) is 44.8 Å². The average Bonchev–Trinajstić information content (AvgIpc) is 3.33. The molecule has 1 aliphatic carbocycles. The normalized spacial score (nSPS) is 27.3. The second kappa shape index (κ2) is 6.87. The van der Waals surface area contributed by atoms with Gasteiger partial charge in [0.15, 0.2) is 0 Å². The van der Waals surface area contributed by atoms with Gasteiger partial charge in [-0.3, -0.25) is 0 Å². The Balaban J connectivity index is 1.39. The van der Waals surface area contributed by atoms with Crippen molar-refractivity contribution >= 4 is 11.7 Å². The van der Waals surface area contributed by atoms with E-state index in [9.17, 15) is 4.79 Å². The summed E-state index contributed by atoms with van der Waals surface area (Å²) in [4.78, 5) is 17.1. The number of ether oxygens (including phenoxy) is 1. The molecular weight excluding hydrogens is 314 g/mol. The highest BCUT2D eigenvalue weighted by Crippen LogP contribution is 2.39. The van der Waals surface area contributed by atoms with Crippen molar-refractivity contribution in [2.75, 3.05) is 38.5 Å². The molecule has 1 saturated carbocycles. The molecule has 1 unspecified atom stereocenters. The summed E-state index contributed by atoms with van der Waals surface area (Å²) in [5.41, 5.74) is 1.11. The summed E-state index contributed by atoms with van der Waals surface area (Å²) < 4.78 is 6.14. The van der Waals surface area contributed by atoms with Crippen molar-refractivity contribution in [1.29, 1.82) is 0 Å². The lowest BCUT2D eigenvalue weighted by Gasteiger charge is -2.24. The van der Waals surface area contributed by atoms with Gasteiger partial charge in [-0.05, 0) is 64.3 Å². The summed E-state index contributed by atoms with van der Waals surface area (Å²) in [6, 6.07) is 7.84. The molecular formula is C20H29N3O2. The van der Waals surface area contributed by atoms with Crippen LogP contribution in [0.1, 0.15) is 38.5 Å². The summed E-state index contributed by atoms with van der Waals surface area (Å²) in [7, 11) is 2.17. The molecule has 25 heavy (non-hydrogen) atoms. The first-order valence-electron chi connectivity index (χ1n) is 9.64. The molecule has 136 valence electrons. The van der Waals surface area contributed by atoms with Gasteiger partial charge in [0.2, 0.25) is 0 Å². The Bertz CT molecular complexity index is 629. The van der Waals surface area contributed by atoms with E-state index in [1.165, 1.54) is 19.3 Å². The number of hydrogen-bond donors (Lipinski definition) is 1. The SMILES string of the molecule is CN1CCC2(CCN(C(=O)Nc3ccccc3OC3CCCC3)C2)C1. The van der Waals surface area contributed by atoms with Crippen LogP contribution in [-0.4, -0.2) is 55.2 Å². The van der Waals surface area contributed by atoms with Crippen molar-refractivity contribution in [3.8, 4) is 5.75 Å². The van der Waals surface area contributed by atoms with Crippen LogP contribution in [0.4, 0.5) is 10.5 Å². The number of para-hydroxylation sites is 2. The Labute approximate surface area is 150 Å². The zero-order valence-corrected chi connectivity index (χ0v) is 15.2. The average molecular weight is 343 g/mol. The molecule has 0 aromatic heterocycles. The lowest BCUT2D eigenvalue weighted by atomic mass is 9.86. The fourth-order valence-electron chi connectivity index (χ4n) is 4.65. The number of nitrogens with one attached hydrogen (secondary N) is 1. The number of urea groups is 1. The van der Waals surface area contributed by atoms with E-state index in [4.69, 9.17) is 4.74 Å². The first-order chi connectivity index (χ1) is 12.1. The molecule has 3 aliphatic rings. The maximum atomic E-state index is 12.8. The minimum Gasteiger partial charge on any atom is -0.488 e. The van der Waals surface area contributed by atoms with Crippen LogP contribution in [0.3, 0.4) is 0 Å². The highest BCUT2D eigenvalue weighted by molar-refractivity contribution is 5.91. The van der Waals surface area contributed by atoms with E-state index in [1.54, 1.807) is 0 Å². The van der Waals surface area contributed by atoms with Crippen molar-refractivity contribution in [1.82, 2.24) is 9.80 Å². The molecule has 5 heteroatoms. The molecule has 2 saturated heterocycles. The van der Waals surface area contributed by atoms with E-state index in [-0.39, 0.29) is 6.03 Å². The van der Waals surface area contributed by atoms with Gasteiger partial charge in [-0.25, -0.2) is 4.79 Å². The van der Waals surface area contributed by atoms with Gasteiger partial charge in [0, 0.05) is 25.0 Å². The van der Waals surface area contributed by atoms with Crippen LogP contribution in [0.25, 0.3) is 0 Å². The maximum absolute atomic E-state index is 12.8. The highest BCUT2D eigenvalue weighted by atomic mass is 16.5. The van der Waals surface area contributed by atoms with E-state index in [1.807, 2.05) is 29.2 Å². The molecule has 0 bridgehead atoms. The van der Waals surface area contributed by atoms with Gasteiger partial charge in [0.25, 0.3) is 0 Å². The minimum absolute atomic E-state index is 0.00824. The molecule has 1 aromatic carbocycles. The monoisotopic (exact) mass is 343 g/mol. The highest BCUT2D eigenvalue weighted by Gasteiger charge is 2.43. The van der Waals surface area contributed by atoms with Crippen LogP contribution < -0.4 is 10.1 Å². The van der Waals surface area contributed by atoms with Gasteiger partial charge in [-0.2, -0.15) is 0 Å². The third kappa shape index (κ3) is 3.61. The number of carbonyl (C=O) groups excluding carboxylic acids is 1. The second-order valence-electron chi connectivity index (χ2n) is 8.11. The third-order valence-corrected chi connectivity index (χ3v) is 6.08. The number of nitrogens with zero attached hydrogens (tertiary/aromatic N) is 2. The van der Waals surface area contributed by atoms with Crippen LogP contribution >= 0.6 is 0 Å². The number of carbonyl (C=O) groups is 1. The Hall–Kier alpha value is -1.75. The van der Waals surface area contributed by atoms with Crippen molar-refractivity contribution in [2.45, 2.75) is 44.6 Å². The lowest BCUT2D eigenvalue weighted by Crippen LogP contribution is -2.36. The first-order valence-corrected chi connectivity index (χ1v) is 9.64. The van der Waals surface area contributed by atoms with Gasteiger partial charge >= 0.3 is 6.03 Å². The fourth-order valence-corrected chi connectivity index (χ4v) is 4.65. The summed E-state index contributed by atoms with van der Waals surface area (Å²) >= 11 is 0. The van der Waals surface area contributed by atoms with E-state index >= 15 is 0 Å². The largest absolute Gasteiger partial charge is 0.488 e. The van der Waals surface area contributed by atoms with Gasteiger partial charge < -0.3 is 19.9 Å². The fraction of sp³-hybridized carbons (Fsp3) is 0.650. The van der Waals surface area contributed by atoms with Crippen LogP contribution in [0.5, 0.6) is 5.75 Å². The third-order valence-electron chi connectivity index (χ3n) is 6.08. The quantitative estimate of drug-likeness (QED) is 0.912. The zero-order chi connectivity index (χ0) is 17.3. The molecule has 4 rings (SSSR count). The van der Waals surface area contributed by atoms with E-state index in [0.717, 1.165) is 56.9 Å². The van der Waals surface area contributed by atoms with Crippen LogP contribution in [0.15, 0.2) is 24.3 Å². The number of likely N-dealkylation sites (tertiary alicyclic amines) is 2. The van der Waals surface area contributed by atoms with Gasteiger partial charge in [0.05, 0.1) is 11.8 Å². The predicted molar refractivity (Wildman–Crippen MR) is 99.1 cm³/mol. The van der Waals surface area contributed by atoms with Crippen molar-refractivity contribution < 1.29 is 9.53 Å². The number of hydrogen-bond acceptors (Lipinski definition) is 3. The van der Waals surface area contributed by atoms with Crippen molar-refractivity contribution in [2.24, 2.45) is 5.41 Å². The van der Waals surface area contributed by atoms with Crippen LogP contribution in [0, 0.1) is 5.41 Å². The predicted octanol–water partition coefficient (Wildman–Crippen LogP) is 3.57. The summed E-state index contributed by atoms with van der Waals surface area (Å²) in [6.45, 7) is 3.98. The van der Waals surface area contributed by atoms with Gasteiger partial charge in [-0.1, -0.05) is 12.1 Å². The Kier molecular flexibility index (Phi) is 4.59. The van der Waals surface area contributed by atoms with E-state index < -0.39 is 0 Å². The lowest BCUT2D eigenvalue weighted by molar-refractivity contribution is 0.207. The Morgan fingerprint density at radius 2 is 1.92 bits per heavy atom. The maximum Gasteiger partial charge on any atom is 0.321 e. The smallest absolute Gasteiger partial charge is 0.321 e. The molecule has 3 fully saturated rings. The molecule has 2 heterocycles. The summed E-state index contributed by atoms with van der Waals surface area (Å²) in [5.74, 6) is 0.803. The molecule has 1 N–H and O–H groups in total.